The summed E-state index contributed by atoms with van der Waals surface area (Å²) in [5.41, 5.74) is 3.34. The lowest BCUT2D eigenvalue weighted by Gasteiger charge is -2.25. The van der Waals surface area contributed by atoms with Crippen LogP contribution in [-0.4, -0.2) is 13.1 Å². The van der Waals surface area contributed by atoms with E-state index in [1.54, 1.807) is 6.07 Å². The van der Waals surface area contributed by atoms with Crippen LogP contribution in [0.3, 0.4) is 0 Å². The zero-order valence-corrected chi connectivity index (χ0v) is 12.7. The fraction of sp³-hybridized carbons (Fsp3) is 0.556. The van der Waals surface area contributed by atoms with Gasteiger partial charge in [-0.2, -0.15) is 0 Å². The van der Waals surface area contributed by atoms with Crippen LogP contribution in [0, 0.1) is 18.7 Å². The monoisotopic (exact) mass is 275 g/mol. The van der Waals surface area contributed by atoms with Gasteiger partial charge in [0.15, 0.2) is 0 Å². The van der Waals surface area contributed by atoms with Crippen molar-refractivity contribution < 1.29 is 4.39 Å². The average Bonchev–Trinajstić information content (AvgIpc) is 2.48. The van der Waals surface area contributed by atoms with Gasteiger partial charge in [0.05, 0.1) is 0 Å². The molecule has 1 aromatic rings. The van der Waals surface area contributed by atoms with Gasteiger partial charge in [0.1, 0.15) is 5.82 Å². The molecule has 1 aromatic carbocycles. The van der Waals surface area contributed by atoms with Gasteiger partial charge in [-0.05, 0) is 55.5 Å². The minimum atomic E-state index is -0.118. The van der Waals surface area contributed by atoms with Crippen LogP contribution in [0.1, 0.15) is 50.2 Å². The summed E-state index contributed by atoms with van der Waals surface area (Å²) in [7, 11) is 0. The van der Waals surface area contributed by atoms with Crippen molar-refractivity contribution in [3.05, 3.63) is 40.7 Å². The Morgan fingerprint density at radius 1 is 1.30 bits per heavy atom. The van der Waals surface area contributed by atoms with Crippen molar-refractivity contribution in [1.29, 1.82) is 0 Å². The van der Waals surface area contributed by atoms with Crippen molar-refractivity contribution >= 4 is 6.08 Å². The molecule has 0 spiro atoms. The van der Waals surface area contributed by atoms with E-state index in [0.29, 0.717) is 5.92 Å². The van der Waals surface area contributed by atoms with Crippen LogP contribution in [0.15, 0.2) is 23.8 Å². The van der Waals surface area contributed by atoms with E-state index < -0.39 is 0 Å². The third kappa shape index (κ3) is 4.17. The van der Waals surface area contributed by atoms with Gasteiger partial charge in [-0.3, -0.25) is 0 Å². The van der Waals surface area contributed by atoms with Crippen LogP contribution in [0.4, 0.5) is 4.39 Å². The molecular weight excluding hydrogens is 249 g/mol. The van der Waals surface area contributed by atoms with Crippen molar-refractivity contribution in [2.24, 2.45) is 5.92 Å². The molecule has 0 heterocycles. The molecule has 1 saturated carbocycles. The summed E-state index contributed by atoms with van der Waals surface area (Å²) in [4.78, 5) is 0. The number of likely N-dealkylation sites (N-methyl/N-ethyl adjacent to an activating group) is 1. The molecule has 1 N–H and O–H groups in total. The fourth-order valence-corrected chi connectivity index (χ4v) is 3.03. The molecule has 1 aliphatic carbocycles. The molecule has 1 fully saturated rings. The minimum absolute atomic E-state index is 0.118. The SMILES string of the molecule is CCNC/C(=C/c1ccc(F)c(C)c1)C1CCCCC1. The Kier molecular flexibility index (Phi) is 5.78. The number of hydrogen-bond donors (Lipinski definition) is 1. The number of aryl methyl sites for hydroxylation is 1. The molecule has 20 heavy (non-hydrogen) atoms. The number of halogens is 1. The quantitative estimate of drug-likeness (QED) is 0.820. The molecule has 110 valence electrons. The van der Waals surface area contributed by atoms with Crippen LogP contribution in [0.5, 0.6) is 0 Å². The molecule has 2 rings (SSSR count). The Hall–Kier alpha value is -1.15. The van der Waals surface area contributed by atoms with E-state index in [9.17, 15) is 4.39 Å². The Morgan fingerprint density at radius 2 is 2.05 bits per heavy atom. The molecule has 0 aliphatic heterocycles. The lowest BCUT2D eigenvalue weighted by atomic mass is 9.83. The summed E-state index contributed by atoms with van der Waals surface area (Å²) < 4.78 is 13.4. The second kappa shape index (κ2) is 7.58. The van der Waals surface area contributed by atoms with Gasteiger partial charge >= 0.3 is 0 Å². The summed E-state index contributed by atoms with van der Waals surface area (Å²) in [6.45, 7) is 5.92. The highest BCUT2D eigenvalue weighted by atomic mass is 19.1. The predicted octanol–water partition coefficient (Wildman–Crippen LogP) is 4.71. The number of benzene rings is 1. The summed E-state index contributed by atoms with van der Waals surface area (Å²) >= 11 is 0. The fourth-order valence-electron chi connectivity index (χ4n) is 3.03. The van der Waals surface area contributed by atoms with Crippen molar-refractivity contribution in [3.63, 3.8) is 0 Å². The molecule has 0 atom stereocenters. The zero-order chi connectivity index (χ0) is 14.4. The molecule has 1 nitrogen and oxygen atoms in total. The first-order valence-corrected chi connectivity index (χ1v) is 7.88. The van der Waals surface area contributed by atoms with Crippen LogP contribution >= 0.6 is 0 Å². The van der Waals surface area contributed by atoms with Crippen molar-refractivity contribution in [3.8, 4) is 0 Å². The van der Waals surface area contributed by atoms with Gasteiger partial charge in [0, 0.05) is 6.54 Å². The van der Waals surface area contributed by atoms with Crippen molar-refractivity contribution in [2.75, 3.05) is 13.1 Å². The van der Waals surface area contributed by atoms with Gasteiger partial charge in [0.25, 0.3) is 0 Å². The molecule has 0 aromatic heterocycles. The molecule has 0 radical (unpaired) electrons. The van der Waals surface area contributed by atoms with Crippen LogP contribution in [-0.2, 0) is 0 Å². The van der Waals surface area contributed by atoms with Gasteiger partial charge in [0.2, 0.25) is 0 Å². The Labute approximate surface area is 122 Å². The average molecular weight is 275 g/mol. The van der Waals surface area contributed by atoms with Gasteiger partial charge < -0.3 is 5.32 Å². The normalized spacial score (nSPS) is 17.4. The molecule has 0 amide bonds. The third-order valence-electron chi connectivity index (χ3n) is 4.24. The van der Waals surface area contributed by atoms with E-state index in [0.717, 1.165) is 24.2 Å². The lowest BCUT2D eigenvalue weighted by Crippen LogP contribution is -2.22. The summed E-state index contributed by atoms with van der Waals surface area (Å²) in [5, 5.41) is 3.45. The zero-order valence-electron chi connectivity index (χ0n) is 12.7. The summed E-state index contributed by atoms with van der Waals surface area (Å²) in [6, 6.07) is 5.41. The van der Waals surface area contributed by atoms with E-state index in [2.05, 4.69) is 18.3 Å². The van der Waals surface area contributed by atoms with E-state index in [4.69, 9.17) is 0 Å². The summed E-state index contributed by atoms with van der Waals surface area (Å²) in [5.74, 6) is 0.584. The van der Waals surface area contributed by atoms with Crippen LogP contribution in [0.2, 0.25) is 0 Å². The van der Waals surface area contributed by atoms with Gasteiger partial charge in [-0.1, -0.05) is 43.9 Å². The van der Waals surface area contributed by atoms with E-state index in [1.165, 1.54) is 37.7 Å². The maximum Gasteiger partial charge on any atom is 0.126 e. The topological polar surface area (TPSA) is 12.0 Å². The highest BCUT2D eigenvalue weighted by Crippen LogP contribution is 2.30. The van der Waals surface area contributed by atoms with Gasteiger partial charge in [-0.15, -0.1) is 0 Å². The minimum Gasteiger partial charge on any atom is -0.313 e. The first-order chi connectivity index (χ1) is 9.70. The molecule has 0 bridgehead atoms. The van der Waals surface area contributed by atoms with Gasteiger partial charge in [-0.25, -0.2) is 4.39 Å². The predicted molar refractivity (Wildman–Crippen MR) is 84.2 cm³/mol. The standard InChI is InChI=1S/C18H26FN/c1-3-20-13-17(16-7-5-4-6-8-16)12-15-9-10-18(19)14(2)11-15/h9-12,16,20H,3-8,13H2,1-2H3/b17-12-. The summed E-state index contributed by atoms with van der Waals surface area (Å²) in [6.07, 6.45) is 8.94. The van der Waals surface area contributed by atoms with Crippen molar-refractivity contribution in [1.82, 2.24) is 5.32 Å². The maximum atomic E-state index is 13.4. The molecular formula is C18H26FN. The van der Waals surface area contributed by atoms with Crippen molar-refractivity contribution in [2.45, 2.75) is 46.0 Å². The largest absolute Gasteiger partial charge is 0.313 e. The molecule has 1 aliphatic rings. The van der Waals surface area contributed by atoms with E-state index in [1.807, 2.05) is 19.1 Å². The number of hydrogen-bond acceptors (Lipinski definition) is 1. The Bertz CT molecular complexity index is 458. The second-order valence-electron chi connectivity index (χ2n) is 5.84. The smallest absolute Gasteiger partial charge is 0.126 e. The van der Waals surface area contributed by atoms with E-state index in [-0.39, 0.29) is 5.82 Å². The van der Waals surface area contributed by atoms with Crippen LogP contribution in [0.25, 0.3) is 6.08 Å². The Balaban J connectivity index is 2.19. The maximum absolute atomic E-state index is 13.4. The second-order valence-corrected chi connectivity index (χ2v) is 5.84. The molecule has 2 heteroatoms. The first-order valence-electron chi connectivity index (χ1n) is 7.88. The molecule has 0 unspecified atom stereocenters. The first kappa shape index (κ1) is 15.2. The third-order valence-corrected chi connectivity index (χ3v) is 4.24. The highest BCUT2D eigenvalue weighted by Gasteiger charge is 2.17. The molecule has 0 saturated heterocycles. The highest BCUT2D eigenvalue weighted by molar-refractivity contribution is 5.55. The van der Waals surface area contributed by atoms with Crippen LogP contribution < -0.4 is 5.32 Å². The number of nitrogens with one attached hydrogen (secondary N) is 1. The Morgan fingerprint density at radius 3 is 2.70 bits per heavy atom. The van der Waals surface area contributed by atoms with E-state index >= 15 is 0 Å². The lowest BCUT2D eigenvalue weighted by molar-refractivity contribution is 0.397. The number of rotatable bonds is 5.